The number of benzene rings is 1. The van der Waals surface area contributed by atoms with E-state index in [1.807, 2.05) is 19.9 Å². The van der Waals surface area contributed by atoms with Crippen LogP contribution in [0.3, 0.4) is 0 Å². The highest BCUT2D eigenvalue weighted by Crippen LogP contribution is 2.22. The van der Waals surface area contributed by atoms with E-state index in [9.17, 15) is 13.5 Å². The van der Waals surface area contributed by atoms with E-state index in [4.69, 9.17) is 9.68 Å². The summed E-state index contributed by atoms with van der Waals surface area (Å²) in [5, 5.41) is 18.9. The zero-order valence-corrected chi connectivity index (χ0v) is 13.7. The lowest BCUT2D eigenvalue weighted by molar-refractivity contribution is 0.201. The first-order valence-electron chi connectivity index (χ1n) is 7.13. The number of nitrogens with zero attached hydrogens (tertiary/aromatic N) is 2. The zero-order valence-electron chi connectivity index (χ0n) is 12.9. The molecule has 1 unspecified atom stereocenters. The fourth-order valence-corrected chi connectivity index (χ4v) is 3.66. The molecule has 1 aromatic carbocycles. The highest BCUT2D eigenvalue weighted by Gasteiger charge is 2.23. The van der Waals surface area contributed by atoms with Crippen LogP contribution >= 0.6 is 0 Å². The van der Waals surface area contributed by atoms with Crippen LogP contribution in [0.1, 0.15) is 48.5 Å². The van der Waals surface area contributed by atoms with Gasteiger partial charge in [-0.2, -0.15) is 5.26 Å². The number of hydrogen-bond donors (Lipinski definition) is 1. The fourth-order valence-electron chi connectivity index (χ4n) is 2.24. The van der Waals surface area contributed by atoms with Gasteiger partial charge >= 0.3 is 0 Å². The van der Waals surface area contributed by atoms with Crippen molar-refractivity contribution in [2.45, 2.75) is 31.6 Å². The molecule has 0 aliphatic rings. The first kappa shape index (κ1) is 17.2. The van der Waals surface area contributed by atoms with Crippen LogP contribution in [0.5, 0.6) is 0 Å². The molecule has 0 fully saturated rings. The van der Waals surface area contributed by atoms with Crippen molar-refractivity contribution in [2.24, 2.45) is 0 Å². The highest BCUT2D eigenvalue weighted by atomic mass is 32.2. The summed E-state index contributed by atoms with van der Waals surface area (Å²) in [6, 6.07) is 8.15. The van der Waals surface area contributed by atoms with Gasteiger partial charge in [-0.05, 0) is 17.7 Å². The van der Waals surface area contributed by atoms with Gasteiger partial charge in [-0.25, -0.2) is 13.4 Å². The van der Waals surface area contributed by atoms with E-state index < -0.39 is 21.7 Å². The lowest BCUT2D eigenvalue weighted by atomic mass is 10.1. The second kappa shape index (κ2) is 6.94. The van der Waals surface area contributed by atoms with Gasteiger partial charge in [-0.15, -0.1) is 0 Å². The molecule has 0 aliphatic heterocycles. The minimum atomic E-state index is -3.56. The topological polar surface area (TPSA) is 104 Å². The molecule has 1 aromatic heterocycles. The molecule has 0 amide bonds. The molecule has 2 aromatic rings. The largest absolute Gasteiger partial charge is 0.448 e. The predicted octanol–water partition coefficient (Wildman–Crippen LogP) is 2.32. The Hall–Kier alpha value is -2.17. The molecule has 0 radical (unpaired) electrons. The summed E-state index contributed by atoms with van der Waals surface area (Å²) < 4.78 is 29.8. The Morgan fingerprint density at radius 3 is 2.52 bits per heavy atom. The van der Waals surface area contributed by atoms with Crippen molar-refractivity contribution in [3.8, 4) is 6.07 Å². The van der Waals surface area contributed by atoms with E-state index >= 15 is 0 Å². The number of aromatic nitrogens is 1. The lowest BCUT2D eigenvalue weighted by Gasteiger charge is -2.12. The van der Waals surface area contributed by atoms with Crippen LogP contribution < -0.4 is 0 Å². The van der Waals surface area contributed by atoms with Crippen LogP contribution in [0.25, 0.3) is 0 Å². The van der Waals surface area contributed by atoms with Crippen LogP contribution in [0.15, 0.2) is 35.1 Å². The van der Waals surface area contributed by atoms with Crippen molar-refractivity contribution in [3.05, 3.63) is 53.2 Å². The quantitative estimate of drug-likeness (QED) is 0.869. The SMILES string of the molecule is CC(C)c1ocnc1CS(=O)(=O)CC(O)c1ccc(C#N)cc1. The fraction of sp³-hybridized carbons (Fsp3) is 0.375. The van der Waals surface area contributed by atoms with Crippen LogP contribution in [0.4, 0.5) is 0 Å². The van der Waals surface area contributed by atoms with Crippen LogP contribution in [-0.2, 0) is 15.6 Å². The van der Waals surface area contributed by atoms with Crippen molar-refractivity contribution in [2.75, 3.05) is 5.75 Å². The molecule has 1 atom stereocenters. The Morgan fingerprint density at radius 2 is 1.96 bits per heavy atom. The predicted molar refractivity (Wildman–Crippen MR) is 84.2 cm³/mol. The summed E-state index contributed by atoms with van der Waals surface area (Å²) in [4.78, 5) is 3.96. The summed E-state index contributed by atoms with van der Waals surface area (Å²) in [6.07, 6.45) is 0.0826. The van der Waals surface area contributed by atoms with Crippen LogP contribution in [0, 0.1) is 11.3 Å². The third-order valence-corrected chi connectivity index (χ3v) is 4.93. The monoisotopic (exact) mass is 334 g/mol. The first-order chi connectivity index (χ1) is 10.8. The van der Waals surface area contributed by atoms with E-state index in [0.717, 1.165) is 0 Å². The van der Waals surface area contributed by atoms with Gasteiger partial charge in [0.05, 0.1) is 34.9 Å². The molecule has 0 spiro atoms. The van der Waals surface area contributed by atoms with E-state index in [1.54, 1.807) is 24.3 Å². The average Bonchev–Trinajstić information content (AvgIpc) is 2.94. The number of nitriles is 1. The zero-order chi connectivity index (χ0) is 17.0. The van der Waals surface area contributed by atoms with Gasteiger partial charge in [0.25, 0.3) is 0 Å². The summed E-state index contributed by atoms with van der Waals surface area (Å²) in [5.74, 6) is -0.110. The Morgan fingerprint density at radius 1 is 1.30 bits per heavy atom. The summed E-state index contributed by atoms with van der Waals surface area (Å²) >= 11 is 0. The molecule has 0 bridgehead atoms. The summed E-state index contributed by atoms with van der Waals surface area (Å²) in [5.41, 5.74) is 1.29. The van der Waals surface area contributed by atoms with Crippen molar-refractivity contribution in [1.82, 2.24) is 4.98 Å². The summed E-state index contributed by atoms with van der Waals surface area (Å²) in [7, 11) is -3.56. The number of aliphatic hydroxyl groups excluding tert-OH is 1. The Kier molecular flexibility index (Phi) is 5.19. The Bertz CT molecular complexity index is 801. The number of oxazole rings is 1. The third-order valence-electron chi connectivity index (χ3n) is 3.39. The average molecular weight is 334 g/mol. The molecule has 7 heteroatoms. The van der Waals surface area contributed by atoms with Crippen molar-refractivity contribution in [1.29, 1.82) is 5.26 Å². The smallest absolute Gasteiger partial charge is 0.181 e. The lowest BCUT2D eigenvalue weighted by Crippen LogP contribution is -2.17. The molecular formula is C16H18N2O4S. The maximum Gasteiger partial charge on any atom is 0.181 e. The van der Waals surface area contributed by atoms with Gasteiger partial charge in [-0.1, -0.05) is 26.0 Å². The maximum atomic E-state index is 12.3. The van der Waals surface area contributed by atoms with Crippen molar-refractivity contribution in [3.63, 3.8) is 0 Å². The number of sulfone groups is 1. The van der Waals surface area contributed by atoms with Crippen molar-refractivity contribution < 1.29 is 17.9 Å². The number of hydrogen-bond acceptors (Lipinski definition) is 6. The highest BCUT2D eigenvalue weighted by molar-refractivity contribution is 7.90. The second-order valence-corrected chi connectivity index (χ2v) is 7.73. The van der Waals surface area contributed by atoms with Gasteiger partial charge in [0.1, 0.15) is 5.76 Å². The van der Waals surface area contributed by atoms with Gasteiger partial charge in [0.2, 0.25) is 0 Å². The van der Waals surface area contributed by atoms with Crippen LogP contribution in [0.2, 0.25) is 0 Å². The molecule has 23 heavy (non-hydrogen) atoms. The number of aliphatic hydroxyl groups is 1. The molecule has 0 saturated heterocycles. The third kappa shape index (κ3) is 4.41. The van der Waals surface area contributed by atoms with E-state index in [1.165, 1.54) is 6.39 Å². The van der Waals surface area contributed by atoms with Gasteiger partial charge < -0.3 is 9.52 Å². The van der Waals surface area contributed by atoms with E-state index in [2.05, 4.69) is 4.98 Å². The molecule has 0 aliphatic carbocycles. The Labute approximate surface area is 135 Å². The molecule has 2 rings (SSSR count). The molecule has 1 N–H and O–H groups in total. The summed E-state index contributed by atoms with van der Waals surface area (Å²) in [6.45, 7) is 3.78. The Balaban J connectivity index is 2.11. The van der Waals surface area contributed by atoms with E-state index in [0.29, 0.717) is 22.6 Å². The van der Waals surface area contributed by atoms with Gasteiger partial charge in [0.15, 0.2) is 16.2 Å². The normalized spacial score (nSPS) is 13.0. The molecular weight excluding hydrogens is 316 g/mol. The standard InChI is InChI=1S/C16H18N2O4S/c1-11(2)16-14(18-10-22-16)8-23(20,21)9-15(19)13-5-3-12(7-17)4-6-13/h3-6,10-11,15,19H,8-9H2,1-2H3. The first-order valence-corrected chi connectivity index (χ1v) is 8.95. The van der Waals surface area contributed by atoms with Gasteiger partial charge in [-0.3, -0.25) is 0 Å². The van der Waals surface area contributed by atoms with E-state index in [-0.39, 0.29) is 11.7 Å². The molecule has 122 valence electrons. The number of rotatable bonds is 6. The molecule has 0 saturated carbocycles. The van der Waals surface area contributed by atoms with Crippen LogP contribution in [-0.4, -0.2) is 24.3 Å². The minimum absolute atomic E-state index is 0.0335. The van der Waals surface area contributed by atoms with Crippen molar-refractivity contribution >= 4 is 9.84 Å². The molecule has 6 nitrogen and oxygen atoms in total. The second-order valence-electron chi connectivity index (χ2n) is 5.62. The maximum absolute atomic E-state index is 12.3. The molecule has 1 heterocycles. The van der Waals surface area contributed by atoms with Gasteiger partial charge in [0, 0.05) is 5.92 Å². The minimum Gasteiger partial charge on any atom is -0.448 e.